The van der Waals surface area contributed by atoms with Crippen molar-refractivity contribution in [2.45, 2.75) is 59.3 Å². The van der Waals surface area contributed by atoms with E-state index >= 15 is 0 Å². The predicted octanol–water partition coefficient (Wildman–Crippen LogP) is 5.08. The molecule has 1 amide bonds. The molecule has 3 rings (SSSR count). The van der Waals surface area contributed by atoms with Crippen molar-refractivity contribution in [2.75, 3.05) is 5.32 Å². The van der Waals surface area contributed by atoms with Crippen LogP contribution in [0.25, 0.3) is 11.0 Å². The molecule has 0 saturated carbocycles. The lowest BCUT2D eigenvalue weighted by Gasteiger charge is -2.17. The zero-order valence-electron chi connectivity index (χ0n) is 13.8. The number of benzene rings is 1. The van der Waals surface area contributed by atoms with Crippen LogP contribution in [0.4, 0.5) is 5.69 Å². The summed E-state index contributed by atoms with van der Waals surface area (Å²) in [5.41, 5.74) is 3.16. The highest BCUT2D eigenvalue weighted by Gasteiger charge is 2.18. The van der Waals surface area contributed by atoms with Gasteiger partial charge in [-0.05, 0) is 42.9 Å². The molecule has 0 unspecified atom stereocenters. The molecule has 0 aliphatic heterocycles. The van der Waals surface area contributed by atoms with E-state index in [1.165, 1.54) is 30.2 Å². The van der Waals surface area contributed by atoms with Crippen LogP contribution in [0.15, 0.2) is 22.6 Å². The van der Waals surface area contributed by atoms with E-state index in [1.807, 2.05) is 12.1 Å². The number of fused-ring (bicyclic) bond motifs is 3. The Kier molecular flexibility index (Phi) is 3.98. The van der Waals surface area contributed by atoms with E-state index in [9.17, 15) is 4.79 Å². The van der Waals surface area contributed by atoms with E-state index in [4.69, 9.17) is 4.42 Å². The Morgan fingerprint density at radius 2 is 1.95 bits per heavy atom. The second kappa shape index (κ2) is 5.79. The van der Waals surface area contributed by atoms with Gasteiger partial charge < -0.3 is 9.73 Å². The van der Waals surface area contributed by atoms with Crippen LogP contribution in [0, 0.1) is 5.41 Å². The fraction of sp³-hybridized carbons (Fsp3) is 0.526. The Morgan fingerprint density at radius 3 is 2.73 bits per heavy atom. The van der Waals surface area contributed by atoms with E-state index in [0.717, 1.165) is 29.9 Å². The Bertz CT molecular complexity index is 691. The molecule has 1 aromatic heterocycles. The van der Waals surface area contributed by atoms with Gasteiger partial charge in [0.05, 0.1) is 0 Å². The molecule has 1 aliphatic carbocycles. The molecule has 3 nitrogen and oxygen atoms in total. The molecule has 0 fully saturated rings. The number of hydrogen-bond donors (Lipinski definition) is 1. The molecule has 0 spiro atoms. The lowest BCUT2D eigenvalue weighted by atomic mass is 9.92. The first-order chi connectivity index (χ1) is 10.4. The Labute approximate surface area is 132 Å². The summed E-state index contributed by atoms with van der Waals surface area (Å²) >= 11 is 0. The molecule has 1 aromatic carbocycles. The fourth-order valence-corrected chi connectivity index (χ4v) is 3.20. The van der Waals surface area contributed by atoms with Crippen LogP contribution in [0.2, 0.25) is 0 Å². The monoisotopic (exact) mass is 299 g/mol. The SMILES string of the molecule is CC(C)(C)CC(=O)Nc1ccc2oc3c(c2c1)CCCCC3. The van der Waals surface area contributed by atoms with Gasteiger partial charge >= 0.3 is 0 Å². The largest absolute Gasteiger partial charge is 0.461 e. The van der Waals surface area contributed by atoms with E-state index in [1.54, 1.807) is 0 Å². The van der Waals surface area contributed by atoms with Crippen LogP contribution >= 0.6 is 0 Å². The van der Waals surface area contributed by atoms with E-state index in [-0.39, 0.29) is 11.3 Å². The maximum atomic E-state index is 12.1. The molecule has 118 valence electrons. The third-order valence-corrected chi connectivity index (χ3v) is 4.18. The van der Waals surface area contributed by atoms with Gasteiger partial charge in [-0.2, -0.15) is 0 Å². The van der Waals surface area contributed by atoms with Gasteiger partial charge in [0.1, 0.15) is 11.3 Å². The quantitative estimate of drug-likeness (QED) is 0.786. The van der Waals surface area contributed by atoms with Crippen LogP contribution in [0.5, 0.6) is 0 Å². The number of carbonyl (C=O) groups is 1. The summed E-state index contributed by atoms with van der Waals surface area (Å²) in [6, 6.07) is 5.99. The van der Waals surface area contributed by atoms with E-state index in [0.29, 0.717) is 6.42 Å². The molecule has 0 bridgehead atoms. The van der Waals surface area contributed by atoms with Gasteiger partial charge in [0.2, 0.25) is 5.91 Å². The highest BCUT2D eigenvalue weighted by molar-refractivity contribution is 5.94. The van der Waals surface area contributed by atoms with Gasteiger partial charge in [0.15, 0.2) is 0 Å². The number of nitrogens with one attached hydrogen (secondary N) is 1. The van der Waals surface area contributed by atoms with Gasteiger partial charge in [-0.3, -0.25) is 4.79 Å². The summed E-state index contributed by atoms with van der Waals surface area (Å²) in [6.45, 7) is 6.23. The average Bonchev–Trinajstić information content (AvgIpc) is 2.59. The minimum Gasteiger partial charge on any atom is -0.461 e. The number of hydrogen-bond acceptors (Lipinski definition) is 2. The van der Waals surface area contributed by atoms with Crippen molar-refractivity contribution in [3.8, 4) is 0 Å². The number of furan rings is 1. The second-order valence-electron chi connectivity index (χ2n) is 7.56. The molecule has 3 heteroatoms. The first-order valence-corrected chi connectivity index (χ1v) is 8.26. The molecule has 1 aliphatic rings. The summed E-state index contributed by atoms with van der Waals surface area (Å²) in [6.07, 6.45) is 6.35. The van der Waals surface area contributed by atoms with Crippen molar-refractivity contribution >= 4 is 22.6 Å². The maximum absolute atomic E-state index is 12.1. The van der Waals surface area contributed by atoms with Crippen LogP contribution in [-0.4, -0.2) is 5.91 Å². The zero-order chi connectivity index (χ0) is 15.7. The van der Waals surface area contributed by atoms with Gasteiger partial charge in [0, 0.05) is 29.5 Å². The Hall–Kier alpha value is -1.77. The van der Waals surface area contributed by atoms with Crippen molar-refractivity contribution in [1.82, 2.24) is 0 Å². The third-order valence-electron chi connectivity index (χ3n) is 4.18. The summed E-state index contributed by atoms with van der Waals surface area (Å²) in [4.78, 5) is 12.1. The lowest BCUT2D eigenvalue weighted by Crippen LogP contribution is -2.19. The van der Waals surface area contributed by atoms with Crippen LogP contribution in [-0.2, 0) is 17.6 Å². The molecular weight excluding hydrogens is 274 g/mol. The zero-order valence-corrected chi connectivity index (χ0v) is 13.8. The van der Waals surface area contributed by atoms with Crippen LogP contribution < -0.4 is 5.32 Å². The molecule has 0 radical (unpaired) electrons. The fourth-order valence-electron chi connectivity index (χ4n) is 3.20. The first kappa shape index (κ1) is 15.1. The van der Waals surface area contributed by atoms with Crippen molar-refractivity contribution < 1.29 is 9.21 Å². The number of aryl methyl sites for hydroxylation is 2. The molecular formula is C19H25NO2. The molecule has 22 heavy (non-hydrogen) atoms. The minimum atomic E-state index is 0.000900. The lowest BCUT2D eigenvalue weighted by molar-refractivity contribution is -0.117. The van der Waals surface area contributed by atoms with Gasteiger partial charge in [-0.1, -0.05) is 27.2 Å². The summed E-state index contributed by atoms with van der Waals surface area (Å²) < 4.78 is 6.00. The van der Waals surface area contributed by atoms with Gasteiger partial charge in [-0.15, -0.1) is 0 Å². The standard InChI is InChI=1S/C19H25NO2/c1-19(2,3)12-18(21)20-13-9-10-17-15(11-13)14-7-5-4-6-8-16(14)22-17/h9-11H,4-8,12H2,1-3H3,(H,20,21). The molecule has 0 saturated heterocycles. The van der Waals surface area contributed by atoms with E-state index < -0.39 is 0 Å². The summed E-state index contributed by atoms with van der Waals surface area (Å²) in [5, 5.41) is 4.19. The topological polar surface area (TPSA) is 42.2 Å². The van der Waals surface area contributed by atoms with E-state index in [2.05, 4.69) is 32.2 Å². The van der Waals surface area contributed by atoms with Crippen LogP contribution in [0.3, 0.4) is 0 Å². The van der Waals surface area contributed by atoms with Gasteiger partial charge in [0.25, 0.3) is 0 Å². The average molecular weight is 299 g/mol. The summed E-state index contributed by atoms with van der Waals surface area (Å²) in [7, 11) is 0. The number of anilines is 1. The third kappa shape index (κ3) is 3.34. The summed E-state index contributed by atoms with van der Waals surface area (Å²) in [5.74, 6) is 1.21. The molecule has 1 heterocycles. The van der Waals surface area contributed by atoms with Crippen LogP contribution in [0.1, 0.15) is 57.8 Å². The highest BCUT2D eigenvalue weighted by Crippen LogP contribution is 2.33. The highest BCUT2D eigenvalue weighted by atomic mass is 16.3. The maximum Gasteiger partial charge on any atom is 0.224 e. The Balaban J connectivity index is 1.86. The number of rotatable bonds is 2. The van der Waals surface area contributed by atoms with Gasteiger partial charge in [-0.25, -0.2) is 0 Å². The molecule has 0 atom stereocenters. The first-order valence-electron chi connectivity index (χ1n) is 8.26. The van der Waals surface area contributed by atoms with Crippen molar-refractivity contribution in [2.24, 2.45) is 5.41 Å². The second-order valence-corrected chi connectivity index (χ2v) is 7.56. The van der Waals surface area contributed by atoms with Crippen molar-refractivity contribution in [3.63, 3.8) is 0 Å². The van der Waals surface area contributed by atoms with Crippen molar-refractivity contribution in [1.29, 1.82) is 0 Å². The number of amides is 1. The van der Waals surface area contributed by atoms with Crippen molar-refractivity contribution in [3.05, 3.63) is 29.5 Å². The molecule has 2 aromatic rings. The molecule has 1 N–H and O–H groups in total. The minimum absolute atomic E-state index is 0.000900. The Morgan fingerprint density at radius 1 is 1.18 bits per heavy atom. The number of carbonyl (C=O) groups excluding carboxylic acids is 1. The smallest absolute Gasteiger partial charge is 0.224 e. The normalized spacial score (nSPS) is 15.4. The predicted molar refractivity (Wildman–Crippen MR) is 90.2 cm³/mol.